The molecule has 0 bridgehead atoms. The maximum absolute atomic E-state index is 12.1. The predicted molar refractivity (Wildman–Crippen MR) is 98.6 cm³/mol. The van der Waals surface area contributed by atoms with Crippen LogP contribution in [0, 0.1) is 0 Å². The first-order valence-corrected chi connectivity index (χ1v) is 8.52. The maximum Gasteiger partial charge on any atom is 0.316 e. The number of primary amides is 1. The van der Waals surface area contributed by atoms with Crippen molar-refractivity contribution in [1.29, 1.82) is 0 Å². The Kier molecular flexibility index (Phi) is 11.2. The lowest BCUT2D eigenvalue weighted by Gasteiger charge is -2.17. The first-order valence-electron chi connectivity index (χ1n) is 7.31. The third-order valence-electron chi connectivity index (χ3n) is 2.60. The van der Waals surface area contributed by atoms with Gasteiger partial charge in [0.05, 0.1) is 17.5 Å². The van der Waals surface area contributed by atoms with Crippen LogP contribution in [0.2, 0.25) is 0 Å². The van der Waals surface area contributed by atoms with Crippen LogP contribution >= 0.6 is 8.58 Å². The normalized spacial score (nSPS) is 13.2. The second-order valence-electron chi connectivity index (χ2n) is 4.24. The highest BCUT2D eigenvalue weighted by atomic mass is 31.1. The average molecular weight is 336 g/mol. The van der Waals surface area contributed by atoms with Crippen molar-refractivity contribution in [2.45, 2.75) is 20.8 Å². The third-order valence-corrected chi connectivity index (χ3v) is 3.57. The number of carbonyl (C=O) groups excluding carboxylic acids is 2. The first kappa shape index (κ1) is 20.8. The van der Waals surface area contributed by atoms with Gasteiger partial charge in [-0.15, -0.1) is 0 Å². The molecule has 0 fully saturated rings. The number of urea groups is 1. The Hall–Kier alpha value is -2.20. The summed E-state index contributed by atoms with van der Waals surface area (Å²) in [7, 11) is 0.121. The van der Waals surface area contributed by atoms with Crippen molar-refractivity contribution in [1.82, 2.24) is 10.3 Å². The summed E-state index contributed by atoms with van der Waals surface area (Å²) in [5, 5.41) is 8.38. The third kappa shape index (κ3) is 8.73. The lowest BCUT2D eigenvalue weighted by molar-refractivity contribution is -0.107. The van der Waals surface area contributed by atoms with E-state index in [2.05, 4.69) is 17.0 Å². The number of rotatable bonds is 10. The van der Waals surface area contributed by atoms with Gasteiger partial charge in [-0.05, 0) is 34.7 Å². The zero-order valence-corrected chi connectivity index (χ0v) is 14.9. The maximum atomic E-state index is 12.1. The fourth-order valence-corrected chi connectivity index (χ4v) is 2.20. The Labute approximate surface area is 139 Å². The van der Waals surface area contributed by atoms with Crippen LogP contribution in [0.4, 0.5) is 4.79 Å². The molecule has 0 aliphatic carbocycles. The van der Waals surface area contributed by atoms with Crippen LogP contribution < -0.4 is 11.1 Å². The van der Waals surface area contributed by atoms with Gasteiger partial charge in [-0.2, -0.15) is 5.10 Å². The van der Waals surface area contributed by atoms with Crippen molar-refractivity contribution >= 4 is 26.4 Å². The fourth-order valence-electron chi connectivity index (χ4n) is 1.53. The fraction of sp³-hybridized carbons (Fsp3) is 0.312. The molecule has 7 heteroatoms. The lowest BCUT2D eigenvalue weighted by atomic mass is 10.3. The summed E-state index contributed by atoms with van der Waals surface area (Å²) in [6.45, 7) is 10.0. The monoisotopic (exact) mass is 336 g/mol. The van der Waals surface area contributed by atoms with Crippen LogP contribution in [0.25, 0.3) is 0 Å². The van der Waals surface area contributed by atoms with E-state index in [0.717, 1.165) is 11.9 Å². The molecule has 0 spiro atoms. The number of nitrogens with zero attached hydrogens (tertiary/aromatic N) is 2. The van der Waals surface area contributed by atoms with E-state index in [-0.39, 0.29) is 14.1 Å². The van der Waals surface area contributed by atoms with Gasteiger partial charge in [-0.3, -0.25) is 9.80 Å². The van der Waals surface area contributed by atoms with Crippen LogP contribution in [-0.2, 0) is 4.79 Å². The van der Waals surface area contributed by atoms with Crippen LogP contribution in [0.3, 0.4) is 0 Å². The number of nitrogens with two attached hydrogens (primary N) is 1. The van der Waals surface area contributed by atoms with E-state index in [9.17, 15) is 9.59 Å². The summed E-state index contributed by atoms with van der Waals surface area (Å²) < 4.78 is 0. The molecule has 0 aromatic rings. The average Bonchev–Trinajstić information content (AvgIpc) is 2.52. The molecule has 1 atom stereocenters. The van der Waals surface area contributed by atoms with Crippen molar-refractivity contribution in [2.75, 3.05) is 12.7 Å². The highest BCUT2D eigenvalue weighted by Crippen LogP contribution is 2.16. The summed E-state index contributed by atoms with van der Waals surface area (Å²) >= 11 is 0. The standard InChI is InChI=1S/C16H25N4O2P/c1-5-9-10-14(6-2)20(7-3)19-12-13(11-18-16(17)22)15(21)23-8-4/h5-6,9-12,23H,1,7-8H2,2-4H3,(H3,17,18,22)/b10-9-,13-11-,14-6+,19-12-. The number of hydrogen-bond acceptors (Lipinski definition) is 4. The molecule has 0 heterocycles. The molecule has 3 N–H and O–H groups in total. The van der Waals surface area contributed by atoms with Crippen molar-refractivity contribution in [3.8, 4) is 0 Å². The molecule has 0 saturated carbocycles. The van der Waals surface area contributed by atoms with E-state index in [1.54, 1.807) is 11.1 Å². The molecule has 0 aromatic carbocycles. The molecular weight excluding hydrogens is 311 g/mol. The van der Waals surface area contributed by atoms with E-state index in [0.29, 0.717) is 12.1 Å². The summed E-state index contributed by atoms with van der Waals surface area (Å²) in [6.07, 6.45) is 10.7. The van der Waals surface area contributed by atoms with Crippen LogP contribution in [0.5, 0.6) is 0 Å². The van der Waals surface area contributed by atoms with Gasteiger partial charge in [0.2, 0.25) is 0 Å². The Balaban J connectivity index is 5.34. The number of carbonyl (C=O) groups is 2. The molecule has 0 radical (unpaired) electrons. The molecule has 126 valence electrons. The number of likely N-dealkylation sites (N-methyl/N-ethyl adjacent to an activating group) is 1. The number of nitrogens with one attached hydrogen (secondary N) is 1. The van der Waals surface area contributed by atoms with Gasteiger partial charge in [-0.1, -0.05) is 31.7 Å². The second-order valence-corrected chi connectivity index (χ2v) is 5.75. The minimum Gasteiger partial charge on any atom is -0.351 e. The summed E-state index contributed by atoms with van der Waals surface area (Å²) in [4.78, 5) is 22.9. The number of allylic oxidation sites excluding steroid dienone is 5. The summed E-state index contributed by atoms with van der Waals surface area (Å²) in [5.41, 5.74) is 6.14. The van der Waals surface area contributed by atoms with E-state index in [1.165, 1.54) is 12.4 Å². The van der Waals surface area contributed by atoms with Crippen LogP contribution in [0.1, 0.15) is 20.8 Å². The van der Waals surface area contributed by atoms with Crippen molar-refractivity contribution in [2.24, 2.45) is 10.8 Å². The Morgan fingerprint density at radius 1 is 1.39 bits per heavy atom. The van der Waals surface area contributed by atoms with E-state index in [1.807, 2.05) is 39.0 Å². The highest BCUT2D eigenvalue weighted by Gasteiger charge is 2.08. The summed E-state index contributed by atoms with van der Waals surface area (Å²) in [5.74, 6) is 0. The topological polar surface area (TPSA) is 87.8 Å². The number of amides is 2. The van der Waals surface area contributed by atoms with Gasteiger partial charge in [-0.25, -0.2) is 4.79 Å². The molecule has 23 heavy (non-hydrogen) atoms. The van der Waals surface area contributed by atoms with E-state index >= 15 is 0 Å². The zero-order chi connectivity index (χ0) is 17.7. The zero-order valence-electron chi connectivity index (χ0n) is 13.9. The van der Waals surface area contributed by atoms with Crippen LogP contribution in [0.15, 0.2) is 53.5 Å². The minimum absolute atomic E-state index is 0.0790. The van der Waals surface area contributed by atoms with Crippen LogP contribution in [-0.4, -0.2) is 35.5 Å². The minimum atomic E-state index is -0.723. The SMILES string of the molecule is C=C/C=C\C(=C/C)N(CC)/N=C\C(=C\NC(N)=O)C(=O)PCC. The Morgan fingerprint density at radius 2 is 2.09 bits per heavy atom. The Morgan fingerprint density at radius 3 is 2.57 bits per heavy atom. The van der Waals surface area contributed by atoms with Gasteiger partial charge in [0, 0.05) is 12.7 Å². The summed E-state index contributed by atoms with van der Waals surface area (Å²) in [6, 6.07) is -0.723. The van der Waals surface area contributed by atoms with E-state index in [4.69, 9.17) is 5.73 Å². The van der Waals surface area contributed by atoms with E-state index < -0.39 is 6.03 Å². The second kappa shape index (κ2) is 12.4. The first-order chi connectivity index (χ1) is 11.0. The van der Waals surface area contributed by atoms with Crippen molar-refractivity contribution < 1.29 is 9.59 Å². The quantitative estimate of drug-likeness (QED) is 0.211. The number of hydrazone groups is 1. The van der Waals surface area contributed by atoms with Crippen molar-refractivity contribution in [3.05, 3.63) is 48.4 Å². The largest absolute Gasteiger partial charge is 0.351 e. The van der Waals surface area contributed by atoms with Gasteiger partial charge in [0.1, 0.15) is 0 Å². The van der Waals surface area contributed by atoms with Gasteiger partial charge < -0.3 is 11.1 Å². The molecule has 0 aliphatic rings. The highest BCUT2D eigenvalue weighted by molar-refractivity contribution is 7.59. The predicted octanol–water partition coefficient (Wildman–Crippen LogP) is 2.72. The molecular formula is C16H25N4O2P. The number of hydrogen-bond donors (Lipinski definition) is 2. The molecule has 1 unspecified atom stereocenters. The molecule has 0 saturated heterocycles. The molecule has 0 rings (SSSR count). The van der Waals surface area contributed by atoms with Gasteiger partial charge in [0.15, 0.2) is 5.52 Å². The molecule has 6 nitrogen and oxygen atoms in total. The Bertz CT molecular complexity index is 536. The molecule has 0 aromatic heterocycles. The molecule has 2 amide bonds. The van der Waals surface area contributed by atoms with Gasteiger partial charge in [0.25, 0.3) is 0 Å². The smallest absolute Gasteiger partial charge is 0.316 e. The lowest BCUT2D eigenvalue weighted by Crippen LogP contribution is -2.25. The molecule has 0 aliphatic heterocycles. The van der Waals surface area contributed by atoms with Gasteiger partial charge >= 0.3 is 6.03 Å². The van der Waals surface area contributed by atoms with Crippen molar-refractivity contribution in [3.63, 3.8) is 0 Å².